The number of hydrogen-bond acceptors (Lipinski definition) is 5. The Morgan fingerprint density at radius 3 is 2.54 bits per heavy atom. The Labute approximate surface area is 137 Å². The first-order valence-corrected chi connectivity index (χ1v) is 7.44. The molecule has 2 N–H and O–H groups in total. The summed E-state index contributed by atoms with van der Waals surface area (Å²) < 4.78 is 34.5. The number of rotatable bonds is 7. The van der Waals surface area contributed by atoms with Crippen LogP contribution in [0.2, 0.25) is 0 Å². The van der Waals surface area contributed by atoms with Gasteiger partial charge >= 0.3 is 6.29 Å². The predicted molar refractivity (Wildman–Crippen MR) is 82.1 cm³/mol. The minimum atomic E-state index is -3.70. The van der Waals surface area contributed by atoms with Crippen molar-refractivity contribution in [3.05, 3.63) is 18.2 Å². The van der Waals surface area contributed by atoms with Crippen molar-refractivity contribution in [1.82, 2.24) is 10.2 Å². The maximum atomic E-state index is 12.9. The van der Waals surface area contributed by atoms with Crippen molar-refractivity contribution >= 4 is 17.5 Å². The quantitative estimate of drug-likeness (QED) is 0.782. The average Bonchev–Trinajstić information content (AvgIpc) is 2.77. The van der Waals surface area contributed by atoms with E-state index in [1.54, 1.807) is 11.9 Å². The van der Waals surface area contributed by atoms with Crippen molar-refractivity contribution in [2.75, 3.05) is 32.0 Å². The molecule has 2 amide bonds. The molecule has 0 bridgehead atoms. The largest absolute Gasteiger partial charge is 0.586 e. The smallest absolute Gasteiger partial charge is 0.395 e. The van der Waals surface area contributed by atoms with E-state index in [4.69, 9.17) is 0 Å². The van der Waals surface area contributed by atoms with Crippen LogP contribution in [0.15, 0.2) is 18.2 Å². The van der Waals surface area contributed by atoms with Crippen molar-refractivity contribution in [2.24, 2.45) is 0 Å². The van der Waals surface area contributed by atoms with Gasteiger partial charge in [-0.1, -0.05) is 6.92 Å². The van der Waals surface area contributed by atoms with Crippen LogP contribution in [-0.4, -0.2) is 49.7 Å². The van der Waals surface area contributed by atoms with E-state index < -0.39 is 6.29 Å². The van der Waals surface area contributed by atoms with E-state index in [9.17, 15) is 18.4 Å². The van der Waals surface area contributed by atoms with Gasteiger partial charge in [0.25, 0.3) is 0 Å². The van der Waals surface area contributed by atoms with E-state index in [1.165, 1.54) is 18.2 Å². The maximum absolute atomic E-state index is 12.9. The topological polar surface area (TPSA) is 79.9 Å². The number of likely N-dealkylation sites (N-methyl/N-ethyl adjacent to an activating group) is 1. The van der Waals surface area contributed by atoms with E-state index in [0.717, 1.165) is 6.42 Å². The fourth-order valence-electron chi connectivity index (χ4n) is 2.09. The molecule has 1 aromatic carbocycles. The number of nitrogens with one attached hydrogen (secondary N) is 2. The summed E-state index contributed by atoms with van der Waals surface area (Å²) in [7, 11) is 1.63. The summed E-state index contributed by atoms with van der Waals surface area (Å²) in [5.41, 5.74) is 0.295. The van der Waals surface area contributed by atoms with Gasteiger partial charge in [0.1, 0.15) is 0 Å². The van der Waals surface area contributed by atoms with Crippen LogP contribution < -0.4 is 20.1 Å². The molecule has 0 radical (unpaired) electrons. The van der Waals surface area contributed by atoms with Gasteiger partial charge in [0.2, 0.25) is 11.8 Å². The highest BCUT2D eigenvalue weighted by atomic mass is 19.3. The summed E-state index contributed by atoms with van der Waals surface area (Å²) in [4.78, 5) is 25.0. The molecule has 0 unspecified atom stereocenters. The summed E-state index contributed by atoms with van der Waals surface area (Å²) in [5.74, 6) is -0.795. The third kappa shape index (κ3) is 5.05. The Morgan fingerprint density at radius 2 is 1.83 bits per heavy atom. The van der Waals surface area contributed by atoms with Gasteiger partial charge in [-0.05, 0) is 25.6 Å². The van der Waals surface area contributed by atoms with Gasteiger partial charge in [-0.2, -0.15) is 0 Å². The number of amides is 2. The SMILES string of the molecule is CCCNC(=O)CN(C)CC(=O)Nc1ccc2c(c1)OC(F)(F)O2. The van der Waals surface area contributed by atoms with Gasteiger partial charge in [-0.3, -0.25) is 14.5 Å². The number of anilines is 1. The molecule has 0 saturated carbocycles. The van der Waals surface area contributed by atoms with Crippen molar-refractivity contribution in [3.63, 3.8) is 0 Å². The molecule has 0 aromatic heterocycles. The molecule has 1 aliphatic rings. The molecule has 0 atom stereocenters. The van der Waals surface area contributed by atoms with E-state index >= 15 is 0 Å². The number of halogens is 2. The molecule has 1 aromatic rings. The van der Waals surface area contributed by atoms with Crippen LogP contribution >= 0.6 is 0 Å². The fourth-order valence-corrected chi connectivity index (χ4v) is 2.09. The van der Waals surface area contributed by atoms with Crippen molar-refractivity contribution < 1.29 is 27.8 Å². The second-order valence-electron chi connectivity index (χ2n) is 5.40. The van der Waals surface area contributed by atoms with Gasteiger partial charge in [0.15, 0.2) is 11.5 Å². The maximum Gasteiger partial charge on any atom is 0.586 e. The molecule has 132 valence electrons. The first-order chi connectivity index (χ1) is 11.3. The van der Waals surface area contributed by atoms with Crippen LogP contribution in [0.3, 0.4) is 0 Å². The average molecular weight is 343 g/mol. The van der Waals surface area contributed by atoms with Gasteiger partial charge in [-0.25, -0.2) is 0 Å². The van der Waals surface area contributed by atoms with Gasteiger partial charge < -0.3 is 20.1 Å². The fraction of sp³-hybridized carbons (Fsp3) is 0.467. The van der Waals surface area contributed by atoms with E-state index in [2.05, 4.69) is 20.1 Å². The summed E-state index contributed by atoms with van der Waals surface area (Å²) >= 11 is 0. The summed E-state index contributed by atoms with van der Waals surface area (Å²) in [5, 5.41) is 5.26. The van der Waals surface area contributed by atoms with Gasteiger partial charge in [0, 0.05) is 18.3 Å². The molecule has 1 aliphatic heterocycles. The molecule has 0 fully saturated rings. The molecular weight excluding hydrogens is 324 g/mol. The highest BCUT2D eigenvalue weighted by molar-refractivity contribution is 5.93. The van der Waals surface area contributed by atoms with E-state index in [0.29, 0.717) is 12.2 Å². The molecule has 0 aliphatic carbocycles. The summed E-state index contributed by atoms with van der Waals surface area (Å²) in [6, 6.07) is 3.96. The number of hydrogen-bond donors (Lipinski definition) is 2. The summed E-state index contributed by atoms with van der Waals surface area (Å²) in [6.07, 6.45) is -2.86. The zero-order valence-electron chi connectivity index (χ0n) is 13.4. The zero-order valence-corrected chi connectivity index (χ0v) is 13.4. The Bertz CT molecular complexity index is 625. The Balaban J connectivity index is 1.84. The Morgan fingerprint density at radius 1 is 1.17 bits per heavy atom. The van der Waals surface area contributed by atoms with Gasteiger partial charge in [0.05, 0.1) is 13.1 Å². The van der Waals surface area contributed by atoms with E-state index in [1.807, 2.05) is 6.92 Å². The Hall–Kier alpha value is -2.42. The summed E-state index contributed by atoms with van der Waals surface area (Å²) in [6.45, 7) is 2.59. The van der Waals surface area contributed by atoms with Crippen LogP contribution in [0, 0.1) is 0 Å². The first kappa shape index (κ1) is 17.9. The van der Waals surface area contributed by atoms with Crippen LogP contribution in [0.25, 0.3) is 0 Å². The third-order valence-electron chi connectivity index (χ3n) is 3.08. The molecule has 2 rings (SSSR count). The molecule has 7 nitrogen and oxygen atoms in total. The predicted octanol–water partition coefficient (Wildman–Crippen LogP) is 1.40. The molecule has 0 spiro atoms. The number of alkyl halides is 2. The number of carbonyl (C=O) groups excluding carboxylic acids is 2. The van der Waals surface area contributed by atoms with Crippen LogP contribution in [0.5, 0.6) is 11.5 Å². The Kier molecular flexibility index (Phi) is 5.55. The normalized spacial score (nSPS) is 14.5. The zero-order chi connectivity index (χ0) is 17.7. The molecular formula is C15H19F2N3O4. The standard InChI is InChI=1S/C15H19F2N3O4/c1-3-6-18-13(21)8-20(2)9-14(22)19-10-4-5-11-12(7-10)24-15(16,17)23-11/h4-5,7H,3,6,8-9H2,1-2H3,(H,18,21)(H,19,22). The molecule has 9 heteroatoms. The van der Waals surface area contributed by atoms with Crippen LogP contribution in [0.4, 0.5) is 14.5 Å². The highest BCUT2D eigenvalue weighted by Gasteiger charge is 2.43. The number of nitrogens with zero attached hydrogens (tertiary/aromatic N) is 1. The first-order valence-electron chi connectivity index (χ1n) is 7.44. The lowest BCUT2D eigenvalue weighted by Gasteiger charge is -2.16. The lowest BCUT2D eigenvalue weighted by atomic mass is 10.2. The van der Waals surface area contributed by atoms with Crippen molar-refractivity contribution in [1.29, 1.82) is 0 Å². The van der Waals surface area contributed by atoms with Crippen LogP contribution in [0.1, 0.15) is 13.3 Å². The van der Waals surface area contributed by atoms with Crippen LogP contribution in [-0.2, 0) is 9.59 Å². The second kappa shape index (κ2) is 7.43. The third-order valence-corrected chi connectivity index (χ3v) is 3.08. The molecule has 24 heavy (non-hydrogen) atoms. The molecule has 1 heterocycles. The number of fused-ring (bicyclic) bond motifs is 1. The lowest BCUT2D eigenvalue weighted by molar-refractivity contribution is -0.286. The van der Waals surface area contributed by atoms with E-state index in [-0.39, 0.29) is 36.4 Å². The molecule has 0 saturated heterocycles. The second-order valence-corrected chi connectivity index (χ2v) is 5.40. The highest BCUT2D eigenvalue weighted by Crippen LogP contribution is 2.42. The minimum absolute atomic E-state index is 0.0237. The monoisotopic (exact) mass is 343 g/mol. The number of ether oxygens (including phenoxy) is 2. The number of carbonyl (C=O) groups is 2. The lowest BCUT2D eigenvalue weighted by Crippen LogP contribution is -2.39. The minimum Gasteiger partial charge on any atom is -0.395 e. The van der Waals surface area contributed by atoms with Crippen molar-refractivity contribution in [3.8, 4) is 11.5 Å². The van der Waals surface area contributed by atoms with Crippen molar-refractivity contribution in [2.45, 2.75) is 19.6 Å². The van der Waals surface area contributed by atoms with Gasteiger partial charge in [-0.15, -0.1) is 8.78 Å². The number of benzene rings is 1.